The zero-order valence-electron chi connectivity index (χ0n) is 20.6. The van der Waals surface area contributed by atoms with Gasteiger partial charge in [0.25, 0.3) is 0 Å². The maximum atomic E-state index is 6.67. The fourth-order valence-corrected chi connectivity index (χ4v) is 5.62. The number of benzene rings is 1. The molecule has 0 aliphatic carbocycles. The number of hydrogen-bond donors (Lipinski definition) is 1. The summed E-state index contributed by atoms with van der Waals surface area (Å²) in [6.45, 7) is 12.0. The van der Waals surface area contributed by atoms with E-state index in [1.165, 1.54) is 0 Å². The lowest BCUT2D eigenvalue weighted by atomic mass is 10.0. The van der Waals surface area contributed by atoms with E-state index in [2.05, 4.69) is 29.7 Å². The summed E-state index contributed by atoms with van der Waals surface area (Å²) in [5.74, 6) is 1.62. The maximum Gasteiger partial charge on any atom is 0.165 e. The van der Waals surface area contributed by atoms with Crippen LogP contribution in [0.2, 0.25) is 10.0 Å². The van der Waals surface area contributed by atoms with Gasteiger partial charge in [-0.2, -0.15) is 9.61 Å². The molecule has 1 fully saturated rings. The Morgan fingerprint density at radius 2 is 1.76 bits per heavy atom. The molecule has 1 aromatic carbocycles. The molecule has 1 saturated heterocycles. The van der Waals surface area contributed by atoms with E-state index >= 15 is 0 Å². The number of rotatable bonds is 7. The van der Waals surface area contributed by atoms with Gasteiger partial charge in [0, 0.05) is 55.6 Å². The van der Waals surface area contributed by atoms with Crippen molar-refractivity contribution in [3.05, 3.63) is 39.6 Å². The number of fused-ring (bicyclic) bond motifs is 1. The van der Waals surface area contributed by atoms with Gasteiger partial charge < -0.3 is 20.3 Å². The Morgan fingerprint density at radius 3 is 2.32 bits per heavy atom. The van der Waals surface area contributed by atoms with Crippen molar-refractivity contribution in [3.8, 4) is 16.9 Å². The van der Waals surface area contributed by atoms with Gasteiger partial charge >= 0.3 is 0 Å². The Bertz CT molecular complexity index is 1150. The fraction of sp³-hybridized carbons (Fsp3) is 0.520. The van der Waals surface area contributed by atoms with Gasteiger partial charge in [0.05, 0.1) is 28.4 Å². The van der Waals surface area contributed by atoms with Gasteiger partial charge in [-0.15, -0.1) is 0 Å². The summed E-state index contributed by atoms with van der Waals surface area (Å²) in [6.07, 6.45) is 2.18. The molecule has 0 unspecified atom stereocenters. The van der Waals surface area contributed by atoms with Gasteiger partial charge in [-0.3, -0.25) is 0 Å². The molecule has 34 heavy (non-hydrogen) atoms. The summed E-state index contributed by atoms with van der Waals surface area (Å²) in [5, 5.41) is 5.92. The fourth-order valence-electron chi connectivity index (χ4n) is 4.97. The summed E-state index contributed by atoms with van der Waals surface area (Å²) >= 11 is 13.3. The van der Waals surface area contributed by atoms with Gasteiger partial charge in [-0.1, -0.05) is 23.2 Å². The highest BCUT2D eigenvalue weighted by Gasteiger charge is 2.29. The van der Waals surface area contributed by atoms with Crippen LogP contribution in [0.4, 0.5) is 5.82 Å². The van der Waals surface area contributed by atoms with Gasteiger partial charge in [0.2, 0.25) is 0 Å². The van der Waals surface area contributed by atoms with E-state index in [0.717, 1.165) is 66.5 Å². The summed E-state index contributed by atoms with van der Waals surface area (Å²) in [6, 6.07) is 6.60. The summed E-state index contributed by atoms with van der Waals surface area (Å²) < 4.78 is 7.25. The van der Waals surface area contributed by atoms with Crippen LogP contribution in [0.25, 0.3) is 16.8 Å². The van der Waals surface area contributed by atoms with E-state index < -0.39 is 0 Å². The first-order valence-corrected chi connectivity index (χ1v) is 12.6. The molecule has 1 aliphatic rings. The van der Waals surface area contributed by atoms with Crippen molar-refractivity contribution < 1.29 is 4.74 Å². The molecule has 0 spiro atoms. The van der Waals surface area contributed by atoms with E-state index in [9.17, 15) is 0 Å². The number of halogens is 2. The van der Waals surface area contributed by atoms with Crippen molar-refractivity contribution in [2.45, 2.75) is 52.6 Å². The zero-order valence-corrected chi connectivity index (χ0v) is 22.1. The number of hydrogen-bond acceptors (Lipinski definition) is 6. The standard InChI is InChI=1S/C25H34Cl2N6O/c1-15(2)31-9-6-18(7-10-31)32(11-8-28)22-12-16(3)29-25-23(17(4)30-33(22)25)24-20(26)13-19(34-5)14-21(24)27/h12-15,18H,6-11,28H2,1-5H3. The second kappa shape index (κ2) is 10.3. The average Bonchev–Trinajstić information content (AvgIpc) is 3.12. The van der Waals surface area contributed by atoms with Crippen molar-refractivity contribution in [2.24, 2.45) is 5.73 Å². The summed E-state index contributed by atoms with van der Waals surface area (Å²) in [5.41, 5.74) is 10.1. The molecule has 0 saturated carbocycles. The minimum absolute atomic E-state index is 0.393. The zero-order chi connectivity index (χ0) is 24.6. The van der Waals surface area contributed by atoms with E-state index in [0.29, 0.717) is 34.4 Å². The maximum absolute atomic E-state index is 6.67. The number of aromatic nitrogens is 3. The summed E-state index contributed by atoms with van der Waals surface area (Å²) in [7, 11) is 1.59. The molecule has 184 valence electrons. The molecule has 0 radical (unpaired) electrons. The minimum Gasteiger partial charge on any atom is -0.497 e. The van der Waals surface area contributed by atoms with Crippen LogP contribution in [-0.4, -0.2) is 64.9 Å². The third-order valence-corrected chi connectivity index (χ3v) is 7.31. The van der Waals surface area contributed by atoms with Crippen molar-refractivity contribution >= 4 is 34.7 Å². The van der Waals surface area contributed by atoms with Crippen LogP contribution in [0, 0.1) is 13.8 Å². The van der Waals surface area contributed by atoms with Crippen molar-refractivity contribution in [1.29, 1.82) is 0 Å². The van der Waals surface area contributed by atoms with Crippen LogP contribution in [0.1, 0.15) is 38.1 Å². The molecule has 7 nitrogen and oxygen atoms in total. The van der Waals surface area contributed by atoms with Gasteiger partial charge in [0.1, 0.15) is 11.6 Å². The Morgan fingerprint density at radius 1 is 1.12 bits per heavy atom. The molecule has 1 aliphatic heterocycles. The average molecular weight is 505 g/mol. The number of nitrogens with zero attached hydrogens (tertiary/aromatic N) is 5. The lowest BCUT2D eigenvalue weighted by Gasteiger charge is -2.41. The topological polar surface area (TPSA) is 71.9 Å². The number of anilines is 1. The van der Waals surface area contributed by atoms with E-state index in [1.807, 2.05) is 18.4 Å². The molecule has 9 heteroatoms. The van der Waals surface area contributed by atoms with Crippen LogP contribution in [-0.2, 0) is 0 Å². The van der Waals surface area contributed by atoms with Crippen LogP contribution >= 0.6 is 23.2 Å². The quantitative estimate of drug-likeness (QED) is 0.489. The second-order valence-electron chi connectivity index (χ2n) is 9.26. The summed E-state index contributed by atoms with van der Waals surface area (Å²) in [4.78, 5) is 9.81. The van der Waals surface area contributed by atoms with Crippen LogP contribution < -0.4 is 15.4 Å². The molecule has 0 amide bonds. The van der Waals surface area contributed by atoms with Crippen LogP contribution in [0.5, 0.6) is 5.75 Å². The molecule has 0 bridgehead atoms. The predicted octanol–water partition coefficient (Wildman–Crippen LogP) is 4.97. The number of likely N-dealkylation sites (tertiary alicyclic amines) is 1. The van der Waals surface area contributed by atoms with Crippen LogP contribution in [0.15, 0.2) is 18.2 Å². The van der Waals surface area contributed by atoms with Gasteiger partial charge in [0.15, 0.2) is 5.65 Å². The highest BCUT2D eigenvalue weighted by Crippen LogP contribution is 2.42. The number of piperidine rings is 1. The number of methoxy groups -OCH3 is 1. The largest absolute Gasteiger partial charge is 0.497 e. The third-order valence-electron chi connectivity index (χ3n) is 6.71. The van der Waals surface area contributed by atoms with E-state index in [-0.39, 0.29) is 0 Å². The number of ether oxygens (including phenoxy) is 1. The molecule has 4 rings (SSSR count). The third kappa shape index (κ3) is 4.71. The second-order valence-corrected chi connectivity index (χ2v) is 10.1. The smallest absolute Gasteiger partial charge is 0.165 e. The predicted molar refractivity (Wildman–Crippen MR) is 141 cm³/mol. The lowest BCUT2D eigenvalue weighted by molar-refractivity contribution is 0.169. The first-order chi connectivity index (χ1) is 16.2. The Hall–Kier alpha value is -2.06. The Labute approximate surface area is 211 Å². The molecule has 0 atom stereocenters. The SMILES string of the molecule is COc1cc(Cl)c(-c2c(C)nn3c(N(CCN)C4CCN(C(C)C)CC4)cc(C)nc23)c(Cl)c1. The molecule has 3 heterocycles. The highest BCUT2D eigenvalue weighted by atomic mass is 35.5. The highest BCUT2D eigenvalue weighted by molar-refractivity contribution is 6.39. The monoisotopic (exact) mass is 504 g/mol. The van der Waals surface area contributed by atoms with Crippen molar-refractivity contribution in [1.82, 2.24) is 19.5 Å². The molecular weight excluding hydrogens is 471 g/mol. The van der Waals surface area contributed by atoms with Crippen molar-refractivity contribution in [2.75, 3.05) is 38.2 Å². The minimum atomic E-state index is 0.393. The Kier molecular flexibility index (Phi) is 7.57. The lowest BCUT2D eigenvalue weighted by Crippen LogP contribution is -2.48. The van der Waals surface area contributed by atoms with Crippen LogP contribution in [0.3, 0.4) is 0 Å². The first kappa shape index (κ1) is 25.0. The van der Waals surface area contributed by atoms with E-state index in [1.54, 1.807) is 19.2 Å². The molecule has 2 aromatic heterocycles. The van der Waals surface area contributed by atoms with Gasteiger partial charge in [-0.25, -0.2) is 4.98 Å². The molecule has 3 aromatic rings. The normalized spacial score (nSPS) is 15.4. The molecular formula is C25H34Cl2N6O. The molecule has 2 N–H and O–H groups in total. The number of nitrogens with two attached hydrogens (primary N) is 1. The van der Waals surface area contributed by atoms with E-state index in [4.69, 9.17) is 43.8 Å². The van der Waals surface area contributed by atoms with Gasteiger partial charge in [-0.05, 0) is 52.7 Å². The Balaban J connectivity index is 1.83. The van der Waals surface area contributed by atoms with Crippen molar-refractivity contribution in [3.63, 3.8) is 0 Å². The number of aryl methyl sites for hydroxylation is 2. The first-order valence-electron chi connectivity index (χ1n) is 11.9.